The van der Waals surface area contributed by atoms with Crippen LogP contribution >= 0.6 is 0 Å². The third-order valence-electron chi connectivity index (χ3n) is 5.65. The minimum Gasteiger partial charge on any atom is -0.355 e. The Hall–Kier alpha value is -2.10. The van der Waals surface area contributed by atoms with E-state index in [2.05, 4.69) is 17.5 Å². The van der Waals surface area contributed by atoms with Crippen molar-refractivity contribution in [3.8, 4) is 0 Å². The fourth-order valence-corrected chi connectivity index (χ4v) is 3.96. The smallest absolute Gasteiger partial charge is 0.242 e. The van der Waals surface area contributed by atoms with Crippen molar-refractivity contribution in [3.63, 3.8) is 0 Å². The van der Waals surface area contributed by atoms with Gasteiger partial charge in [0.05, 0.1) is 0 Å². The highest BCUT2D eigenvalue weighted by atomic mass is 16.2. The van der Waals surface area contributed by atoms with Crippen molar-refractivity contribution >= 4 is 17.5 Å². The van der Waals surface area contributed by atoms with E-state index in [0.29, 0.717) is 6.54 Å². The van der Waals surface area contributed by atoms with Crippen LogP contribution < -0.4 is 10.2 Å². The van der Waals surface area contributed by atoms with Crippen LogP contribution in [0.3, 0.4) is 0 Å². The van der Waals surface area contributed by atoms with E-state index >= 15 is 0 Å². The van der Waals surface area contributed by atoms with Crippen molar-refractivity contribution in [1.82, 2.24) is 5.32 Å². The molecule has 0 spiro atoms. The van der Waals surface area contributed by atoms with E-state index in [1.165, 1.54) is 24.0 Å². The summed E-state index contributed by atoms with van der Waals surface area (Å²) in [6, 6.07) is 8.06. The normalized spacial score (nSPS) is 19.7. The highest BCUT2D eigenvalue weighted by Crippen LogP contribution is 2.35. The Kier molecular flexibility index (Phi) is 5.49. The number of hydrogen-bond acceptors (Lipinski definition) is 2. The fraction of sp³-hybridized carbons (Fsp3) is 0.545. The summed E-state index contributed by atoms with van der Waals surface area (Å²) in [7, 11) is 0. The summed E-state index contributed by atoms with van der Waals surface area (Å²) >= 11 is 0. The SMILES string of the molecule is CC1Cc2ccccc2N1C(=O)C(C)(C)C(=O)NCCC1=CCCCC1. The quantitative estimate of drug-likeness (QED) is 0.642. The first-order valence-electron chi connectivity index (χ1n) is 9.79. The van der Waals surface area contributed by atoms with Gasteiger partial charge in [-0.05, 0) is 70.9 Å². The number of nitrogens with one attached hydrogen (secondary N) is 1. The van der Waals surface area contributed by atoms with Gasteiger partial charge in [0.15, 0.2) is 0 Å². The molecule has 3 rings (SSSR count). The summed E-state index contributed by atoms with van der Waals surface area (Å²) in [5, 5.41) is 2.99. The summed E-state index contributed by atoms with van der Waals surface area (Å²) in [5.74, 6) is -0.306. The van der Waals surface area contributed by atoms with Crippen molar-refractivity contribution in [3.05, 3.63) is 41.5 Å². The van der Waals surface area contributed by atoms with Gasteiger partial charge in [-0.25, -0.2) is 0 Å². The second kappa shape index (κ2) is 7.65. The van der Waals surface area contributed by atoms with Crippen LogP contribution in [0, 0.1) is 5.41 Å². The monoisotopic (exact) mass is 354 g/mol. The molecule has 0 bridgehead atoms. The molecule has 26 heavy (non-hydrogen) atoms. The Bertz CT molecular complexity index is 721. The Morgan fingerprint density at radius 3 is 2.73 bits per heavy atom. The van der Waals surface area contributed by atoms with Gasteiger partial charge in [-0.15, -0.1) is 0 Å². The van der Waals surface area contributed by atoms with Crippen LogP contribution in [-0.4, -0.2) is 24.4 Å². The number of carbonyl (C=O) groups is 2. The molecule has 1 aromatic carbocycles. The summed E-state index contributed by atoms with van der Waals surface area (Å²) in [4.78, 5) is 27.7. The van der Waals surface area contributed by atoms with Crippen LogP contribution in [0.4, 0.5) is 5.69 Å². The van der Waals surface area contributed by atoms with Gasteiger partial charge in [0.1, 0.15) is 5.41 Å². The van der Waals surface area contributed by atoms with Crippen LogP contribution in [0.15, 0.2) is 35.9 Å². The topological polar surface area (TPSA) is 49.4 Å². The molecule has 140 valence electrons. The average molecular weight is 354 g/mol. The summed E-state index contributed by atoms with van der Waals surface area (Å²) in [6.45, 7) is 6.12. The first-order chi connectivity index (χ1) is 12.4. The molecular weight excluding hydrogens is 324 g/mol. The number of nitrogens with zero attached hydrogens (tertiary/aromatic N) is 1. The second-order valence-corrected chi connectivity index (χ2v) is 8.10. The number of allylic oxidation sites excluding steroid dienone is 1. The van der Waals surface area contributed by atoms with Crippen LogP contribution in [0.5, 0.6) is 0 Å². The Labute approximate surface area is 156 Å². The molecule has 0 fully saturated rings. The van der Waals surface area contributed by atoms with Gasteiger partial charge in [-0.2, -0.15) is 0 Å². The van der Waals surface area contributed by atoms with E-state index in [9.17, 15) is 9.59 Å². The zero-order chi connectivity index (χ0) is 18.7. The van der Waals surface area contributed by atoms with Crippen molar-refractivity contribution in [1.29, 1.82) is 0 Å². The lowest BCUT2D eigenvalue weighted by Gasteiger charge is -2.31. The lowest BCUT2D eigenvalue weighted by Crippen LogP contribution is -2.51. The van der Waals surface area contributed by atoms with Gasteiger partial charge in [0.25, 0.3) is 0 Å². The number of rotatable bonds is 5. The lowest BCUT2D eigenvalue weighted by atomic mass is 9.89. The van der Waals surface area contributed by atoms with Crippen LogP contribution in [0.25, 0.3) is 0 Å². The summed E-state index contributed by atoms with van der Waals surface area (Å²) < 4.78 is 0. The number of fused-ring (bicyclic) bond motifs is 1. The molecule has 2 amide bonds. The molecule has 4 nitrogen and oxygen atoms in total. The van der Waals surface area contributed by atoms with Gasteiger partial charge in [-0.1, -0.05) is 29.8 Å². The molecule has 0 aromatic heterocycles. The van der Waals surface area contributed by atoms with E-state index in [-0.39, 0.29) is 17.9 Å². The predicted octanol–water partition coefficient (Wildman–Crippen LogP) is 4.00. The van der Waals surface area contributed by atoms with E-state index in [1.54, 1.807) is 18.7 Å². The van der Waals surface area contributed by atoms with Crippen LogP contribution in [0.2, 0.25) is 0 Å². The summed E-state index contributed by atoms with van der Waals surface area (Å²) in [6.07, 6.45) is 8.84. The number of amides is 2. The maximum atomic E-state index is 13.2. The molecule has 1 heterocycles. The zero-order valence-corrected chi connectivity index (χ0v) is 16.2. The number of carbonyl (C=O) groups excluding carboxylic acids is 2. The number of anilines is 1. The molecule has 0 saturated heterocycles. The molecule has 1 aromatic rings. The molecule has 0 radical (unpaired) electrons. The van der Waals surface area contributed by atoms with Crippen molar-refractivity contribution in [2.24, 2.45) is 5.41 Å². The molecule has 0 saturated carbocycles. The molecule has 4 heteroatoms. The number of para-hydroxylation sites is 1. The zero-order valence-electron chi connectivity index (χ0n) is 16.2. The Morgan fingerprint density at radius 2 is 2.00 bits per heavy atom. The largest absolute Gasteiger partial charge is 0.355 e. The minimum absolute atomic E-state index is 0.0827. The van der Waals surface area contributed by atoms with Crippen LogP contribution in [0.1, 0.15) is 58.4 Å². The predicted molar refractivity (Wildman–Crippen MR) is 105 cm³/mol. The average Bonchev–Trinajstić information content (AvgIpc) is 2.97. The maximum Gasteiger partial charge on any atom is 0.242 e. The lowest BCUT2D eigenvalue weighted by molar-refractivity contribution is -0.139. The third-order valence-corrected chi connectivity index (χ3v) is 5.65. The number of hydrogen-bond donors (Lipinski definition) is 1. The van der Waals surface area contributed by atoms with E-state index < -0.39 is 5.41 Å². The Morgan fingerprint density at radius 1 is 1.23 bits per heavy atom. The first-order valence-corrected chi connectivity index (χ1v) is 9.79. The molecule has 1 unspecified atom stereocenters. The van der Waals surface area contributed by atoms with Gasteiger partial charge in [0.2, 0.25) is 11.8 Å². The highest BCUT2D eigenvalue weighted by molar-refractivity contribution is 6.12. The molecule has 1 aliphatic carbocycles. The van der Waals surface area contributed by atoms with Gasteiger partial charge in [0, 0.05) is 18.3 Å². The molecule has 2 aliphatic rings. The fourth-order valence-electron chi connectivity index (χ4n) is 3.96. The molecule has 1 atom stereocenters. The van der Waals surface area contributed by atoms with E-state index in [4.69, 9.17) is 0 Å². The second-order valence-electron chi connectivity index (χ2n) is 8.10. The first kappa shape index (κ1) is 18.7. The van der Waals surface area contributed by atoms with Gasteiger partial charge in [-0.3, -0.25) is 9.59 Å². The highest BCUT2D eigenvalue weighted by Gasteiger charge is 2.43. The third kappa shape index (κ3) is 3.69. The van der Waals surface area contributed by atoms with Crippen molar-refractivity contribution in [2.45, 2.75) is 65.3 Å². The van der Waals surface area contributed by atoms with E-state index in [1.807, 2.05) is 25.1 Å². The molecular formula is C22H30N2O2. The van der Waals surface area contributed by atoms with Gasteiger partial charge >= 0.3 is 0 Å². The summed E-state index contributed by atoms with van der Waals surface area (Å²) in [5.41, 5.74) is 2.47. The van der Waals surface area contributed by atoms with E-state index in [0.717, 1.165) is 31.4 Å². The van der Waals surface area contributed by atoms with Crippen LogP contribution in [-0.2, 0) is 16.0 Å². The minimum atomic E-state index is -1.08. The van der Waals surface area contributed by atoms with Crippen molar-refractivity contribution in [2.75, 3.05) is 11.4 Å². The number of benzene rings is 1. The Balaban J connectivity index is 1.64. The van der Waals surface area contributed by atoms with Gasteiger partial charge < -0.3 is 10.2 Å². The van der Waals surface area contributed by atoms with Crippen molar-refractivity contribution < 1.29 is 9.59 Å². The molecule has 1 N–H and O–H groups in total. The standard InChI is InChI=1S/C22H30N2O2/c1-16-15-18-11-7-8-12-19(18)24(16)21(26)22(2,3)20(25)23-14-13-17-9-5-4-6-10-17/h7-9,11-12,16H,4-6,10,13-15H2,1-3H3,(H,23,25). The maximum absolute atomic E-state index is 13.2. The molecule has 1 aliphatic heterocycles.